The minimum atomic E-state index is -0.411. The largest absolute Gasteiger partial charge is 0.469 e. The second-order valence-electron chi connectivity index (χ2n) is 3.85. The smallest absolute Gasteiger partial charge is 0.306 e. The summed E-state index contributed by atoms with van der Waals surface area (Å²) in [5.41, 5.74) is 1.20. The van der Waals surface area contributed by atoms with Gasteiger partial charge in [-0.1, -0.05) is 0 Å². The predicted molar refractivity (Wildman–Crippen MR) is 54.6 cm³/mol. The van der Waals surface area contributed by atoms with Crippen LogP contribution in [0.25, 0.3) is 0 Å². The molecule has 4 heteroatoms. The minimum Gasteiger partial charge on any atom is -0.469 e. The maximum Gasteiger partial charge on any atom is 0.306 e. The first-order valence-electron chi connectivity index (χ1n) is 5.01. The Balaban J connectivity index is 2.20. The maximum absolute atomic E-state index is 12.9. The van der Waals surface area contributed by atoms with Crippen molar-refractivity contribution in [1.82, 2.24) is 0 Å². The molecule has 0 saturated heterocycles. The molecule has 1 atom stereocenters. The van der Waals surface area contributed by atoms with Gasteiger partial charge in [-0.3, -0.25) is 9.59 Å². The van der Waals surface area contributed by atoms with Crippen LogP contribution in [-0.4, -0.2) is 18.9 Å². The number of esters is 1. The van der Waals surface area contributed by atoms with Crippen LogP contribution in [0, 0.1) is 11.7 Å². The lowest BCUT2D eigenvalue weighted by Gasteiger charge is -2.04. The number of carbonyl (C=O) groups is 2. The predicted octanol–water partition coefficient (Wildman–Crippen LogP) is 1.74. The van der Waals surface area contributed by atoms with Gasteiger partial charge < -0.3 is 4.74 Å². The van der Waals surface area contributed by atoms with Gasteiger partial charge in [0.25, 0.3) is 0 Å². The molecule has 0 spiro atoms. The maximum atomic E-state index is 12.9. The second kappa shape index (κ2) is 4.04. The third-order valence-electron chi connectivity index (χ3n) is 2.81. The van der Waals surface area contributed by atoms with Gasteiger partial charge >= 0.3 is 5.97 Å². The SMILES string of the molecule is COC(=O)CC1Cc2cc(F)ccc2C1=O. The topological polar surface area (TPSA) is 43.4 Å². The van der Waals surface area contributed by atoms with Crippen LogP contribution in [0.5, 0.6) is 0 Å². The Morgan fingerprint density at radius 1 is 1.56 bits per heavy atom. The van der Waals surface area contributed by atoms with E-state index >= 15 is 0 Å². The summed E-state index contributed by atoms with van der Waals surface area (Å²) in [6.07, 6.45) is 0.479. The zero-order valence-electron chi connectivity index (χ0n) is 8.83. The van der Waals surface area contributed by atoms with Crippen molar-refractivity contribution >= 4 is 11.8 Å². The number of hydrogen-bond donors (Lipinski definition) is 0. The van der Waals surface area contributed by atoms with Gasteiger partial charge in [-0.05, 0) is 30.2 Å². The van der Waals surface area contributed by atoms with Crippen molar-refractivity contribution in [2.75, 3.05) is 7.11 Å². The summed E-state index contributed by atoms with van der Waals surface area (Å²) in [6.45, 7) is 0. The molecule has 0 heterocycles. The summed E-state index contributed by atoms with van der Waals surface area (Å²) in [5, 5.41) is 0. The van der Waals surface area contributed by atoms with E-state index in [1.54, 1.807) is 0 Å². The summed E-state index contributed by atoms with van der Waals surface area (Å²) in [5.74, 6) is -1.26. The van der Waals surface area contributed by atoms with Crippen LogP contribution in [-0.2, 0) is 16.0 Å². The molecule has 0 radical (unpaired) electrons. The number of benzene rings is 1. The molecule has 0 amide bonds. The van der Waals surface area contributed by atoms with Crippen LogP contribution in [0.15, 0.2) is 18.2 Å². The van der Waals surface area contributed by atoms with Crippen molar-refractivity contribution in [2.24, 2.45) is 5.92 Å². The number of ketones is 1. The minimum absolute atomic E-state index is 0.0611. The summed E-state index contributed by atoms with van der Waals surface area (Å²) >= 11 is 0. The number of carbonyl (C=O) groups excluding carboxylic acids is 2. The highest BCUT2D eigenvalue weighted by atomic mass is 19.1. The number of rotatable bonds is 2. The molecule has 0 bridgehead atoms. The first kappa shape index (κ1) is 10.8. The van der Waals surface area contributed by atoms with Crippen LogP contribution in [0.1, 0.15) is 22.3 Å². The highest BCUT2D eigenvalue weighted by Crippen LogP contribution is 2.29. The lowest BCUT2D eigenvalue weighted by Crippen LogP contribution is -2.15. The van der Waals surface area contributed by atoms with Gasteiger partial charge in [0.1, 0.15) is 5.82 Å². The number of Topliss-reactive ketones (excluding diaryl/α,β-unsaturated/α-hetero) is 1. The van der Waals surface area contributed by atoms with E-state index in [1.807, 2.05) is 0 Å². The zero-order valence-corrected chi connectivity index (χ0v) is 8.83. The number of methoxy groups -OCH3 is 1. The van der Waals surface area contributed by atoms with Crippen molar-refractivity contribution in [3.8, 4) is 0 Å². The Kier molecular flexibility index (Phi) is 2.73. The third-order valence-corrected chi connectivity index (χ3v) is 2.81. The Morgan fingerprint density at radius 3 is 3.00 bits per heavy atom. The zero-order chi connectivity index (χ0) is 11.7. The molecule has 0 fully saturated rings. The molecule has 16 heavy (non-hydrogen) atoms. The Labute approximate surface area is 92.2 Å². The fourth-order valence-corrected chi connectivity index (χ4v) is 2.00. The lowest BCUT2D eigenvalue weighted by molar-refractivity contribution is -0.141. The van der Waals surface area contributed by atoms with Gasteiger partial charge in [-0.25, -0.2) is 4.39 Å². The van der Waals surface area contributed by atoms with E-state index in [2.05, 4.69) is 4.74 Å². The number of ether oxygens (including phenoxy) is 1. The van der Waals surface area contributed by atoms with Crippen LogP contribution in [0.2, 0.25) is 0 Å². The van der Waals surface area contributed by atoms with E-state index in [4.69, 9.17) is 0 Å². The average Bonchev–Trinajstić information content (AvgIpc) is 2.55. The molecule has 1 aromatic rings. The van der Waals surface area contributed by atoms with Gasteiger partial charge in [-0.2, -0.15) is 0 Å². The van der Waals surface area contributed by atoms with Gasteiger partial charge in [0, 0.05) is 11.5 Å². The highest BCUT2D eigenvalue weighted by Gasteiger charge is 2.32. The van der Waals surface area contributed by atoms with Gasteiger partial charge in [0.15, 0.2) is 5.78 Å². The monoisotopic (exact) mass is 222 g/mol. The summed E-state index contributed by atoms with van der Waals surface area (Å²) < 4.78 is 17.5. The van der Waals surface area contributed by atoms with Crippen molar-refractivity contribution in [2.45, 2.75) is 12.8 Å². The van der Waals surface area contributed by atoms with E-state index in [0.29, 0.717) is 17.5 Å². The standard InChI is InChI=1S/C12H11FO3/c1-16-11(14)6-8-4-7-5-9(13)2-3-10(7)12(8)15/h2-3,5,8H,4,6H2,1H3. The average molecular weight is 222 g/mol. The quantitative estimate of drug-likeness (QED) is 0.716. The molecular weight excluding hydrogens is 211 g/mol. The summed E-state index contributed by atoms with van der Waals surface area (Å²) in [6, 6.07) is 4.09. The normalized spacial score (nSPS) is 18.4. The van der Waals surface area contributed by atoms with E-state index in [0.717, 1.165) is 0 Å². The van der Waals surface area contributed by atoms with Crippen LogP contribution < -0.4 is 0 Å². The van der Waals surface area contributed by atoms with Crippen molar-refractivity contribution < 1.29 is 18.7 Å². The molecule has 0 aliphatic heterocycles. The van der Waals surface area contributed by atoms with E-state index < -0.39 is 11.9 Å². The number of fused-ring (bicyclic) bond motifs is 1. The number of halogens is 1. The van der Waals surface area contributed by atoms with E-state index in [-0.39, 0.29) is 18.0 Å². The Hall–Kier alpha value is -1.71. The first-order valence-corrected chi connectivity index (χ1v) is 5.01. The molecule has 1 unspecified atom stereocenters. The Bertz CT molecular complexity index is 454. The van der Waals surface area contributed by atoms with Crippen molar-refractivity contribution in [3.63, 3.8) is 0 Å². The summed E-state index contributed by atoms with van der Waals surface area (Å²) in [7, 11) is 1.29. The fourth-order valence-electron chi connectivity index (χ4n) is 2.00. The number of hydrogen-bond acceptors (Lipinski definition) is 3. The molecule has 1 aliphatic carbocycles. The van der Waals surface area contributed by atoms with Gasteiger partial charge in [0.2, 0.25) is 0 Å². The lowest BCUT2D eigenvalue weighted by atomic mass is 10.0. The second-order valence-corrected chi connectivity index (χ2v) is 3.85. The molecule has 0 saturated carbocycles. The Morgan fingerprint density at radius 2 is 2.31 bits per heavy atom. The molecule has 84 valence electrons. The van der Waals surface area contributed by atoms with Crippen molar-refractivity contribution in [3.05, 3.63) is 35.1 Å². The van der Waals surface area contributed by atoms with E-state index in [9.17, 15) is 14.0 Å². The molecule has 1 aliphatic rings. The van der Waals surface area contributed by atoms with Crippen LogP contribution in [0.4, 0.5) is 4.39 Å². The summed E-state index contributed by atoms with van der Waals surface area (Å²) in [4.78, 5) is 22.9. The molecule has 2 rings (SSSR count). The third kappa shape index (κ3) is 1.83. The molecular formula is C12H11FO3. The molecule has 0 aromatic heterocycles. The molecule has 0 N–H and O–H groups in total. The first-order chi connectivity index (χ1) is 7.61. The fraction of sp³-hybridized carbons (Fsp3) is 0.333. The van der Waals surface area contributed by atoms with E-state index in [1.165, 1.54) is 25.3 Å². The van der Waals surface area contributed by atoms with Crippen LogP contribution in [0.3, 0.4) is 0 Å². The van der Waals surface area contributed by atoms with Gasteiger partial charge in [0.05, 0.1) is 13.5 Å². The van der Waals surface area contributed by atoms with Crippen molar-refractivity contribution in [1.29, 1.82) is 0 Å². The molecule has 1 aromatic carbocycles. The van der Waals surface area contributed by atoms with Gasteiger partial charge in [-0.15, -0.1) is 0 Å². The molecule has 3 nitrogen and oxygen atoms in total. The highest BCUT2D eigenvalue weighted by molar-refractivity contribution is 6.03. The van der Waals surface area contributed by atoms with Crippen LogP contribution >= 0.6 is 0 Å².